The zero-order valence-corrected chi connectivity index (χ0v) is 14.7. The van der Waals surface area contributed by atoms with Gasteiger partial charge in [-0.3, -0.25) is 4.79 Å². The van der Waals surface area contributed by atoms with Crippen LogP contribution in [0.15, 0.2) is 42.6 Å². The van der Waals surface area contributed by atoms with E-state index in [1.54, 1.807) is 12.3 Å². The minimum absolute atomic E-state index is 0.0149. The second-order valence-electron chi connectivity index (χ2n) is 6.50. The molecule has 3 rings (SSSR count). The SMILES string of the molecule is Cc1nccc(OC2CCCN(C(=O)CCCc3ccccc3)C2)n1. The zero-order valence-electron chi connectivity index (χ0n) is 14.7. The lowest BCUT2D eigenvalue weighted by Crippen LogP contribution is -2.44. The third-order valence-corrected chi connectivity index (χ3v) is 4.47. The van der Waals surface area contributed by atoms with Crippen molar-refractivity contribution in [3.8, 4) is 5.88 Å². The third kappa shape index (κ3) is 5.28. The predicted molar refractivity (Wildman–Crippen MR) is 96.4 cm³/mol. The molecular formula is C20H25N3O2. The van der Waals surface area contributed by atoms with E-state index in [0.717, 1.165) is 32.2 Å². The summed E-state index contributed by atoms with van der Waals surface area (Å²) in [6.07, 6.45) is 6.06. The minimum Gasteiger partial charge on any atom is -0.472 e. The largest absolute Gasteiger partial charge is 0.472 e. The number of carbonyl (C=O) groups excluding carboxylic acids is 1. The van der Waals surface area contributed by atoms with E-state index in [1.165, 1.54) is 5.56 Å². The molecule has 132 valence electrons. The highest BCUT2D eigenvalue weighted by atomic mass is 16.5. The lowest BCUT2D eigenvalue weighted by atomic mass is 10.1. The Bertz CT molecular complexity index is 690. The Kier molecular flexibility index (Phi) is 5.99. The van der Waals surface area contributed by atoms with Crippen LogP contribution in [-0.2, 0) is 11.2 Å². The minimum atomic E-state index is 0.0149. The summed E-state index contributed by atoms with van der Waals surface area (Å²) in [5, 5.41) is 0. The van der Waals surface area contributed by atoms with E-state index in [9.17, 15) is 4.79 Å². The molecule has 25 heavy (non-hydrogen) atoms. The van der Waals surface area contributed by atoms with Gasteiger partial charge in [0.05, 0.1) is 6.54 Å². The fraction of sp³-hybridized carbons (Fsp3) is 0.450. The molecule has 1 atom stereocenters. The standard InChI is InChI=1S/C20H25N3O2/c1-16-21-13-12-19(22-16)25-18-10-6-14-23(15-18)20(24)11-5-9-17-7-3-2-4-8-17/h2-4,7-8,12-13,18H,5-6,9-11,14-15H2,1H3. The molecule has 1 amide bonds. The summed E-state index contributed by atoms with van der Waals surface area (Å²) < 4.78 is 5.95. The molecular weight excluding hydrogens is 314 g/mol. The summed E-state index contributed by atoms with van der Waals surface area (Å²) >= 11 is 0. The van der Waals surface area contributed by atoms with Crippen molar-refractivity contribution in [2.75, 3.05) is 13.1 Å². The van der Waals surface area contributed by atoms with Gasteiger partial charge in [0.2, 0.25) is 11.8 Å². The molecule has 1 unspecified atom stereocenters. The van der Waals surface area contributed by atoms with Crippen molar-refractivity contribution in [1.29, 1.82) is 0 Å². The molecule has 1 fully saturated rings. The Hall–Kier alpha value is -2.43. The quantitative estimate of drug-likeness (QED) is 0.811. The number of hydrogen-bond donors (Lipinski definition) is 0. The highest BCUT2D eigenvalue weighted by Gasteiger charge is 2.24. The molecule has 0 bridgehead atoms. The first-order valence-corrected chi connectivity index (χ1v) is 8.99. The molecule has 5 heteroatoms. The van der Waals surface area contributed by atoms with Gasteiger partial charge in [-0.15, -0.1) is 0 Å². The number of aromatic nitrogens is 2. The molecule has 1 aromatic carbocycles. The zero-order chi connectivity index (χ0) is 17.5. The van der Waals surface area contributed by atoms with Gasteiger partial charge in [0.25, 0.3) is 0 Å². The van der Waals surface area contributed by atoms with Crippen molar-refractivity contribution in [1.82, 2.24) is 14.9 Å². The smallest absolute Gasteiger partial charge is 0.222 e. The summed E-state index contributed by atoms with van der Waals surface area (Å²) in [5.74, 6) is 1.51. The van der Waals surface area contributed by atoms with Crippen LogP contribution in [0.1, 0.15) is 37.1 Å². The molecule has 5 nitrogen and oxygen atoms in total. The lowest BCUT2D eigenvalue weighted by Gasteiger charge is -2.32. The highest BCUT2D eigenvalue weighted by molar-refractivity contribution is 5.76. The van der Waals surface area contributed by atoms with Crippen molar-refractivity contribution in [2.45, 2.75) is 45.1 Å². The molecule has 0 N–H and O–H groups in total. The van der Waals surface area contributed by atoms with Gasteiger partial charge in [0.1, 0.15) is 11.9 Å². The van der Waals surface area contributed by atoms with Crippen LogP contribution in [0.2, 0.25) is 0 Å². The van der Waals surface area contributed by atoms with E-state index < -0.39 is 0 Å². The van der Waals surface area contributed by atoms with E-state index in [-0.39, 0.29) is 12.0 Å². The van der Waals surface area contributed by atoms with Gasteiger partial charge in [-0.2, -0.15) is 4.98 Å². The maximum atomic E-state index is 12.5. The fourth-order valence-electron chi connectivity index (χ4n) is 3.18. The van der Waals surface area contributed by atoms with Crippen LogP contribution < -0.4 is 4.74 Å². The second-order valence-corrected chi connectivity index (χ2v) is 6.50. The average molecular weight is 339 g/mol. The molecule has 0 spiro atoms. The Morgan fingerprint density at radius 1 is 1.28 bits per heavy atom. The van der Waals surface area contributed by atoms with Crippen molar-refractivity contribution in [3.05, 3.63) is 54.0 Å². The van der Waals surface area contributed by atoms with Crippen LogP contribution in [0.5, 0.6) is 5.88 Å². The molecule has 1 saturated heterocycles. The first-order valence-electron chi connectivity index (χ1n) is 8.99. The molecule has 0 saturated carbocycles. The Morgan fingerprint density at radius 3 is 2.92 bits per heavy atom. The number of amides is 1. The molecule has 2 heterocycles. The van der Waals surface area contributed by atoms with E-state index in [2.05, 4.69) is 22.1 Å². The molecule has 0 aliphatic carbocycles. The predicted octanol–water partition coefficient (Wildman–Crippen LogP) is 3.18. The first kappa shape index (κ1) is 17.4. The summed E-state index contributed by atoms with van der Waals surface area (Å²) in [6.45, 7) is 3.32. The van der Waals surface area contributed by atoms with Crippen LogP contribution in [0.3, 0.4) is 0 Å². The van der Waals surface area contributed by atoms with Gasteiger partial charge in [-0.25, -0.2) is 4.98 Å². The Balaban J connectivity index is 1.46. The molecule has 1 aliphatic rings. The molecule has 1 aliphatic heterocycles. The normalized spacial score (nSPS) is 17.3. The summed E-state index contributed by atoms with van der Waals surface area (Å²) in [6, 6.07) is 12.1. The summed E-state index contributed by atoms with van der Waals surface area (Å²) in [5.41, 5.74) is 1.29. The molecule has 0 radical (unpaired) electrons. The number of ether oxygens (including phenoxy) is 1. The number of benzene rings is 1. The number of piperidine rings is 1. The number of carbonyl (C=O) groups is 1. The number of aryl methyl sites for hydroxylation is 2. The Labute approximate surface area is 149 Å². The van der Waals surface area contributed by atoms with Gasteiger partial charge in [0.15, 0.2) is 0 Å². The highest BCUT2D eigenvalue weighted by Crippen LogP contribution is 2.18. The van der Waals surface area contributed by atoms with E-state index in [0.29, 0.717) is 24.7 Å². The number of nitrogens with zero attached hydrogens (tertiary/aromatic N) is 3. The number of hydrogen-bond acceptors (Lipinski definition) is 4. The van der Waals surface area contributed by atoms with Crippen LogP contribution in [0, 0.1) is 6.92 Å². The maximum absolute atomic E-state index is 12.5. The molecule has 1 aromatic heterocycles. The van der Waals surface area contributed by atoms with Crippen molar-refractivity contribution in [2.24, 2.45) is 0 Å². The fourth-order valence-corrected chi connectivity index (χ4v) is 3.18. The third-order valence-electron chi connectivity index (χ3n) is 4.47. The average Bonchev–Trinajstić information content (AvgIpc) is 2.63. The second kappa shape index (κ2) is 8.60. The molecule has 2 aromatic rings. The van der Waals surface area contributed by atoms with Crippen LogP contribution >= 0.6 is 0 Å². The maximum Gasteiger partial charge on any atom is 0.222 e. The Morgan fingerprint density at radius 2 is 2.12 bits per heavy atom. The first-order chi connectivity index (χ1) is 12.2. The van der Waals surface area contributed by atoms with Crippen LogP contribution in [0.4, 0.5) is 0 Å². The van der Waals surface area contributed by atoms with Crippen LogP contribution in [-0.4, -0.2) is 40.0 Å². The van der Waals surface area contributed by atoms with Gasteiger partial charge in [0, 0.05) is 25.2 Å². The van der Waals surface area contributed by atoms with Gasteiger partial charge in [-0.05, 0) is 38.2 Å². The van der Waals surface area contributed by atoms with Gasteiger partial charge < -0.3 is 9.64 Å². The van der Waals surface area contributed by atoms with E-state index in [4.69, 9.17) is 4.74 Å². The van der Waals surface area contributed by atoms with Crippen LogP contribution in [0.25, 0.3) is 0 Å². The topological polar surface area (TPSA) is 55.3 Å². The lowest BCUT2D eigenvalue weighted by molar-refractivity contribution is -0.133. The van der Waals surface area contributed by atoms with Gasteiger partial charge in [-0.1, -0.05) is 30.3 Å². The van der Waals surface area contributed by atoms with Crippen molar-refractivity contribution < 1.29 is 9.53 Å². The summed E-state index contributed by atoms with van der Waals surface area (Å²) in [4.78, 5) is 22.8. The van der Waals surface area contributed by atoms with Gasteiger partial charge >= 0.3 is 0 Å². The van der Waals surface area contributed by atoms with E-state index >= 15 is 0 Å². The summed E-state index contributed by atoms with van der Waals surface area (Å²) in [7, 11) is 0. The number of likely N-dealkylation sites (tertiary alicyclic amines) is 1. The van der Waals surface area contributed by atoms with Crippen molar-refractivity contribution >= 4 is 5.91 Å². The monoisotopic (exact) mass is 339 g/mol. The number of rotatable bonds is 6. The van der Waals surface area contributed by atoms with Crippen molar-refractivity contribution in [3.63, 3.8) is 0 Å². The van der Waals surface area contributed by atoms with E-state index in [1.807, 2.05) is 30.0 Å².